The van der Waals surface area contributed by atoms with Crippen LogP contribution in [-0.2, 0) is 9.53 Å². The van der Waals surface area contributed by atoms with Crippen molar-refractivity contribution in [2.24, 2.45) is 5.92 Å². The van der Waals surface area contributed by atoms with E-state index in [1.54, 1.807) is 7.11 Å². The first-order chi connectivity index (χ1) is 5.86. The fourth-order valence-corrected chi connectivity index (χ4v) is 1.68. The van der Waals surface area contributed by atoms with Crippen LogP contribution in [0.2, 0.25) is 0 Å². The van der Waals surface area contributed by atoms with Gasteiger partial charge in [-0.25, -0.2) is 0 Å². The van der Waals surface area contributed by atoms with E-state index in [9.17, 15) is 4.79 Å². The van der Waals surface area contributed by atoms with Gasteiger partial charge in [0.05, 0.1) is 6.54 Å². The fraction of sp³-hybridized carbons (Fsp3) is 0.889. The van der Waals surface area contributed by atoms with Crippen molar-refractivity contribution in [1.29, 1.82) is 0 Å². The molecule has 3 heteroatoms. The van der Waals surface area contributed by atoms with Crippen molar-refractivity contribution in [1.82, 2.24) is 4.90 Å². The van der Waals surface area contributed by atoms with E-state index in [-0.39, 0.29) is 0 Å². The van der Waals surface area contributed by atoms with Gasteiger partial charge in [-0.15, -0.1) is 0 Å². The van der Waals surface area contributed by atoms with Gasteiger partial charge >= 0.3 is 0 Å². The molecular formula is C9H17NO2. The molecule has 0 saturated carbocycles. The van der Waals surface area contributed by atoms with Crippen LogP contribution in [0, 0.1) is 5.92 Å². The number of hydrogen-bond donors (Lipinski definition) is 0. The summed E-state index contributed by atoms with van der Waals surface area (Å²) in [7, 11) is 1.75. The molecule has 0 aromatic heterocycles. The number of ether oxygens (including phenoxy) is 1. The van der Waals surface area contributed by atoms with Crippen LogP contribution in [0.15, 0.2) is 0 Å². The van der Waals surface area contributed by atoms with Crippen molar-refractivity contribution in [3.05, 3.63) is 0 Å². The van der Waals surface area contributed by atoms with Crippen LogP contribution >= 0.6 is 0 Å². The molecule has 12 heavy (non-hydrogen) atoms. The molecule has 70 valence electrons. The molecule has 1 saturated heterocycles. The Balaban J connectivity index is 2.15. The minimum atomic E-state index is 0.597. The molecule has 1 heterocycles. The van der Waals surface area contributed by atoms with Gasteiger partial charge in [0, 0.05) is 13.7 Å². The molecule has 1 aliphatic heterocycles. The summed E-state index contributed by atoms with van der Waals surface area (Å²) in [5.41, 5.74) is 0. The number of nitrogens with zero attached hydrogens (tertiary/aromatic N) is 1. The summed E-state index contributed by atoms with van der Waals surface area (Å²) in [6.45, 7) is 3.56. The van der Waals surface area contributed by atoms with Crippen LogP contribution in [-0.4, -0.2) is 44.5 Å². The average Bonchev–Trinajstić information content (AvgIpc) is 2.09. The van der Waals surface area contributed by atoms with Crippen molar-refractivity contribution in [3.63, 3.8) is 0 Å². The molecule has 0 atom stereocenters. The Morgan fingerprint density at radius 2 is 2.17 bits per heavy atom. The van der Waals surface area contributed by atoms with Gasteiger partial charge in [-0.3, -0.25) is 4.90 Å². The Hall–Kier alpha value is -0.410. The summed E-state index contributed by atoms with van der Waals surface area (Å²) >= 11 is 0. The summed E-state index contributed by atoms with van der Waals surface area (Å²) in [4.78, 5) is 12.4. The number of carbonyl (C=O) groups excluding carboxylic acids is 1. The van der Waals surface area contributed by atoms with Gasteiger partial charge < -0.3 is 9.53 Å². The molecule has 1 rings (SSSR count). The van der Waals surface area contributed by atoms with E-state index >= 15 is 0 Å². The predicted molar refractivity (Wildman–Crippen MR) is 47.1 cm³/mol. The highest BCUT2D eigenvalue weighted by atomic mass is 16.5. The van der Waals surface area contributed by atoms with Crippen molar-refractivity contribution < 1.29 is 9.53 Å². The van der Waals surface area contributed by atoms with E-state index in [2.05, 4.69) is 4.90 Å². The molecule has 0 bridgehead atoms. The first-order valence-electron chi connectivity index (χ1n) is 4.51. The highest BCUT2D eigenvalue weighted by molar-refractivity contribution is 5.51. The van der Waals surface area contributed by atoms with Gasteiger partial charge in [-0.2, -0.15) is 0 Å². The predicted octanol–water partition coefficient (Wildman–Crippen LogP) is 0.544. The number of hydrogen-bond acceptors (Lipinski definition) is 3. The van der Waals surface area contributed by atoms with Crippen molar-refractivity contribution in [3.8, 4) is 0 Å². The highest BCUT2D eigenvalue weighted by Crippen LogP contribution is 2.16. The van der Waals surface area contributed by atoms with Crippen molar-refractivity contribution in [2.45, 2.75) is 12.8 Å². The zero-order valence-corrected chi connectivity index (χ0v) is 7.66. The van der Waals surface area contributed by atoms with E-state index in [4.69, 9.17) is 4.74 Å². The van der Waals surface area contributed by atoms with Gasteiger partial charge in [0.25, 0.3) is 0 Å². The molecule has 0 aliphatic carbocycles. The molecule has 0 N–H and O–H groups in total. The number of aldehydes is 1. The molecule has 0 aromatic carbocycles. The lowest BCUT2D eigenvalue weighted by Gasteiger charge is -2.29. The zero-order chi connectivity index (χ0) is 8.81. The number of methoxy groups -OCH3 is 1. The van der Waals surface area contributed by atoms with E-state index in [0.29, 0.717) is 12.5 Å². The van der Waals surface area contributed by atoms with Gasteiger partial charge in [0.15, 0.2) is 0 Å². The summed E-state index contributed by atoms with van der Waals surface area (Å²) in [5, 5.41) is 0. The quantitative estimate of drug-likeness (QED) is 0.578. The fourth-order valence-electron chi connectivity index (χ4n) is 1.68. The molecule has 3 nitrogen and oxygen atoms in total. The number of likely N-dealkylation sites (tertiary alicyclic amines) is 1. The summed E-state index contributed by atoms with van der Waals surface area (Å²) in [6, 6.07) is 0. The molecule has 0 radical (unpaired) electrons. The van der Waals surface area contributed by atoms with E-state index in [1.807, 2.05) is 0 Å². The smallest absolute Gasteiger partial charge is 0.133 e. The minimum Gasteiger partial charge on any atom is -0.384 e. The molecular weight excluding hydrogens is 154 g/mol. The van der Waals surface area contributed by atoms with Crippen LogP contribution in [0.5, 0.6) is 0 Å². The molecule has 0 spiro atoms. The molecule has 0 unspecified atom stereocenters. The largest absolute Gasteiger partial charge is 0.384 e. The first-order valence-corrected chi connectivity index (χ1v) is 4.51. The van der Waals surface area contributed by atoms with Crippen molar-refractivity contribution >= 4 is 6.29 Å². The zero-order valence-electron chi connectivity index (χ0n) is 7.66. The number of rotatable bonds is 4. The number of carbonyl (C=O) groups is 1. The Bertz CT molecular complexity index is 130. The maximum Gasteiger partial charge on any atom is 0.133 e. The maximum absolute atomic E-state index is 10.2. The lowest BCUT2D eigenvalue weighted by molar-refractivity contribution is -0.109. The Labute approximate surface area is 73.7 Å². The van der Waals surface area contributed by atoms with Crippen molar-refractivity contribution in [2.75, 3.05) is 33.4 Å². The maximum atomic E-state index is 10.2. The van der Waals surface area contributed by atoms with Crippen LogP contribution in [0.1, 0.15) is 12.8 Å². The lowest BCUT2D eigenvalue weighted by atomic mass is 9.98. The Morgan fingerprint density at radius 1 is 1.50 bits per heavy atom. The highest BCUT2D eigenvalue weighted by Gasteiger charge is 2.17. The monoisotopic (exact) mass is 171 g/mol. The van der Waals surface area contributed by atoms with Gasteiger partial charge in [-0.05, 0) is 31.8 Å². The van der Waals surface area contributed by atoms with Gasteiger partial charge in [-0.1, -0.05) is 0 Å². The molecule has 1 fully saturated rings. The Morgan fingerprint density at radius 3 is 2.67 bits per heavy atom. The standard InChI is InChI=1S/C9H17NO2/c1-12-8-9-2-4-10(5-3-9)6-7-11/h7,9H,2-6,8H2,1H3. The minimum absolute atomic E-state index is 0.597. The van der Waals surface area contributed by atoms with Gasteiger partial charge in [0.2, 0.25) is 0 Å². The van der Waals surface area contributed by atoms with E-state index in [0.717, 1.165) is 26.0 Å². The topological polar surface area (TPSA) is 29.5 Å². The van der Waals surface area contributed by atoms with Crippen LogP contribution < -0.4 is 0 Å². The van der Waals surface area contributed by atoms with Gasteiger partial charge in [0.1, 0.15) is 6.29 Å². The third kappa shape index (κ3) is 2.91. The van der Waals surface area contributed by atoms with Crippen LogP contribution in [0.3, 0.4) is 0 Å². The lowest BCUT2D eigenvalue weighted by Crippen LogP contribution is -2.36. The summed E-state index contributed by atoms with van der Waals surface area (Å²) in [5.74, 6) is 0.706. The Kier molecular flexibility index (Phi) is 4.25. The third-order valence-electron chi connectivity index (χ3n) is 2.44. The SMILES string of the molecule is COCC1CCN(CC=O)CC1. The van der Waals surface area contributed by atoms with Crippen LogP contribution in [0.4, 0.5) is 0 Å². The number of piperidine rings is 1. The molecule has 0 amide bonds. The second kappa shape index (κ2) is 5.27. The molecule has 0 aromatic rings. The second-order valence-electron chi connectivity index (χ2n) is 3.37. The second-order valence-corrected chi connectivity index (χ2v) is 3.37. The average molecular weight is 171 g/mol. The normalized spacial score (nSPS) is 21.1. The third-order valence-corrected chi connectivity index (χ3v) is 2.44. The summed E-state index contributed by atoms with van der Waals surface area (Å²) in [6.07, 6.45) is 3.32. The van der Waals surface area contributed by atoms with E-state index in [1.165, 1.54) is 12.8 Å². The molecule has 1 aliphatic rings. The first kappa shape index (κ1) is 9.68. The van der Waals surface area contributed by atoms with E-state index < -0.39 is 0 Å². The summed E-state index contributed by atoms with van der Waals surface area (Å²) < 4.78 is 5.09. The van der Waals surface area contributed by atoms with Crippen LogP contribution in [0.25, 0.3) is 0 Å².